The Kier molecular flexibility index (Phi) is 9.68. The molecule has 10 heteroatoms. The van der Waals surface area contributed by atoms with Gasteiger partial charge in [-0.15, -0.1) is 0 Å². The van der Waals surface area contributed by atoms with Crippen molar-refractivity contribution in [2.75, 3.05) is 0 Å². The van der Waals surface area contributed by atoms with Gasteiger partial charge in [0.05, 0.1) is 96.9 Å². The maximum Gasteiger partial charge on any atom is 0.416 e. The van der Waals surface area contributed by atoms with Crippen LogP contribution < -0.4 is 0 Å². The zero-order valence-corrected chi connectivity index (χ0v) is 35.6. The summed E-state index contributed by atoms with van der Waals surface area (Å²) in [4.78, 5) is 5.24. The lowest BCUT2D eigenvalue weighted by Gasteiger charge is -2.22. The van der Waals surface area contributed by atoms with Crippen molar-refractivity contribution in [3.63, 3.8) is 0 Å². The van der Waals surface area contributed by atoms with Crippen molar-refractivity contribution in [3.05, 3.63) is 210 Å². The Morgan fingerprint density at radius 3 is 1.25 bits per heavy atom. The second-order valence-electron chi connectivity index (χ2n) is 16.4. The smallest absolute Gasteiger partial charge is 0.308 e. The topological polar surface area (TPSA) is 118 Å². The first-order valence-corrected chi connectivity index (χ1v) is 21.4. The average molecular weight is 882 g/mol. The molecule has 8 aromatic carbocycles. The molecule has 3 aromatic heterocycles. The Morgan fingerprint density at radius 1 is 0.368 bits per heavy atom. The number of hydrogen-bond donors (Lipinski definition) is 0. The third kappa shape index (κ3) is 6.86. The van der Waals surface area contributed by atoms with E-state index in [0.29, 0.717) is 83.5 Å². The number of fused-ring (bicyclic) bond motifs is 6. The van der Waals surface area contributed by atoms with Crippen LogP contribution in [-0.2, 0) is 6.18 Å². The minimum Gasteiger partial charge on any atom is -0.308 e. The van der Waals surface area contributed by atoms with Gasteiger partial charge in [-0.1, -0.05) is 97.1 Å². The molecule has 7 nitrogen and oxygen atoms in total. The number of aromatic nitrogens is 3. The third-order valence-electron chi connectivity index (χ3n) is 12.4. The van der Waals surface area contributed by atoms with Crippen molar-refractivity contribution in [2.45, 2.75) is 6.18 Å². The second-order valence-corrected chi connectivity index (χ2v) is 16.4. The van der Waals surface area contributed by atoms with Crippen LogP contribution in [0.3, 0.4) is 0 Å². The summed E-state index contributed by atoms with van der Waals surface area (Å²) < 4.78 is 51.2. The average Bonchev–Trinajstić information content (AvgIpc) is 3.89. The van der Waals surface area contributed by atoms with E-state index in [0.717, 1.165) is 27.1 Å². The van der Waals surface area contributed by atoms with Crippen LogP contribution in [0.2, 0.25) is 0 Å². The Bertz CT molecular complexity index is 3800. The molecule has 0 unspecified atom stereocenters. The van der Waals surface area contributed by atoms with Crippen LogP contribution in [0.4, 0.5) is 13.2 Å². The fourth-order valence-corrected chi connectivity index (χ4v) is 9.40. The molecule has 11 rings (SSSR count). The van der Waals surface area contributed by atoms with E-state index in [1.165, 1.54) is 24.3 Å². The molecule has 0 aliphatic carbocycles. The van der Waals surface area contributed by atoms with E-state index in [9.17, 15) is 21.0 Å². The van der Waals surface area contributed by atoms with Crippen LogP contribution >= 0.6 is 0 Å². The molecule has 0 radical (unpaired) electrons. The second kappa shape index (κ2) is 16.1. The first kappa shape index (κ1) is 41.0. The number of pyridine rings is 1. The largest absolute Gasteiger partial charge is 0.416 e. The molecule has 68 heavy (non-hydrogen) atoms. The van der Waals surface area contributed by atoms with E-state index >= 15 is 13.2 Å². The highest BCUT2D eigenvalue weighted by Gasteiger charge is 2.35. The minimum absolute atomic E-state index is 0.210. The Labute approximate surface area is 386 Å². The van der Waals surface area contributed by atoms with Gasteiger partial charge >= 0.3 is 6.18 Å². The van der Waals surface area contributed by atoms with Gasteiger partial charge in [0.1, 0.15) is 0 Å². The van der Waals surface area contributed by atoms with Gasteiger partial charge in [0, 0.05) is 32.7 Å². The summed E-state index contributed by atoms with van der Waals surface area (Å²) in [7, 11) is 0. The predicted octanol–water partition coefficient (Wildman–Crippen LogP) is 14.4. The summed E-state index contributed by atoms with van der Waals surface area (Å²) in [6, 6.07) is 62.4. The van der Waals surface area contributed by atoms with Crippen LogP contribution in [0.1, 0.15) is 27.8 Å². The van der Waals surface area contributed by atoms with Crippen molar-refractivity contribution in [3.8, 4) is 80.4 Å². The van der Waals surface area contributed by atoms with E-state index in [-0.39, 0.29) is 11.4 Å². The molecule has 0 aliphatic heterocycles. The summed E-state index contributed by atoms with van der Waals surface area (Å²) in [5.74, 6) is 0. The maximum atomic E-state index is 15.8. The summed E-state index contributed by atoms with van der Waals surface area (Å²) in [6.07, 6.45) is -4.81. The third-order valence-corrected chi connectivity index (χ3v) is 12.4. The first-order valence-electron chi connectivity index (χ1n) is 21.4. The monoisotopic (exact) mass is 881 g/mol. The number of rotatable bonds is 6. The highest BCUT2D eigenvalue weighted by molar-refractivity contribution is 6.13. The predicted molar refractivity (Wildman–Crippen MR) is 259 cm³/mol. The van der Waals surface area contributed by atoms with Gasteiger partial charge < -0.3 is 9.13 Å². The molecule has 0 N–H and O–H groups in total. The molecule has 11 aromatic rings. The lowest BCUT2D eigenvalue weighted by molar-refractivity contribution is -0.137. The van der Waals surface area contributed by atoms with Crippen molar-refractivity contribution < 1.29 is 13.2 Å². The van der Waals surface area contributed by atoms with Crippen molar-refractivity contribution in [2.24, 2.45) is 0 Å². The Balaban J connectivity index is 1.30. The standard InChI is InChI=1S/C58H30F3N7/c59-58(60,61)44-29-55(67-51-15-6-4-11-45(51)47-19-17-40(27-53(47)67)42-23-35(31-62)21-36(24-42)32-63)57(50-14-8-13-49(66-50)39-9-2-1-3-10-39)56(30-44)68-52-16-7-5-12-46(52)48-20-18-41(28-54(48)68)43-25-37(33-64)22-38(26-43)34-65/h1-30H. The molecule has 3 heterocycles. The summed E-state index contributed by atoms with van der Waals surface area (Å²) in [5.41, 5.74) is 7.95. The maximum absolute atomic E-state index is 15.8. The zero-order chi connectivity index (χ0) is 46.7. The molecule has 0 saturated carbocycles. The zero-order valence-electron chi connectivity index (χ0n) is 35.6. The van der Waals surface area contributed by atoms with Gasteiger partial charge in [-0.25, -0.2) is 4.98 Å². The quantitative estimate of drug-likeness (QED) is 0.165. The summed E-state index contributed by atoms with van der Waals surface area (Å²) >= 11 is 0. The molecular formula is C58H30F3N7. The van der Waals surface area contributed by atoms with Crippen molar-refractivity contribution in [1.29, 1.82) is 21.0 Å². The SMILES string of the molecule is N#Cc1cc(C#N)cc(-c2ccc3c4ccccc4n(-c4cc(C(F)(F)F)cc(-n5c6ccccc6c6ccc(-c7cc(C#N)cc(C#N)c7)cc65)c4-c4cccc(-c5ccccc5)n4)c3c2)c1. The van der Waals surface area contributed by atoms with E-state index in [2.05, 4.69) is 24.3 Å². The highest BCUT2D eigenvalue weighted by atomic mass is 19.4. The van der Waals surface area contributed by atoms with Gasteiger partial charge in [-0.2, -0.15) is 34.2 Å². The normalized spacial score (nSPS) is 11.4. The Morgan fingerprint density at radius 2 is 0.794 bits per heavy atom. The molecule has 0 atom stereocenters. The number of nitrogens with zero attached hydrogens (tertiary/aromatic N) is 7. The van der Waals surface area contributed by atoms with Gasteiger partial charge in [-0.3, -0.25) is 0 Å². The summed E-state index contributed by atoms with van der Waals surface area (Å²) in [6.45, 7) is 0. The van der Waals surface area contributed by atoms with Gasteiger partial charge in [0.15, 0.2) is 0 Å². The molecule has 318 valence electrons. The van der Waals surface area contributed by atoms with Gasteiger partial charge in [0.2, 0.25) is 0 Å². The minimum atomic E-state index is -4.81. The fraction of sp³-hybridized carbons (Fsp3) is 0.0172. The first-order chi connectivity index (χ1) is 33.1. The lowest BCUT2D eigenvalue weighted by Crippen LogP contribution is -2.11. The van der Waals surface area contributed by atoms with Crippen LogP contribution in [0.25, 0.3) is 99.8 Å². The van der Waals surface area contributed by atoms with Crippen molar-refractivity contribution in [1.82, 2.24) is 14.1 Å². The van der Waals surface area contributed by atoms with Crippen LogP contribution in [-0.4, -0.2) is 14.1 Å². The molecule has 0 spiro atoms. The lowest BCUT2D eigenvalue weighted by atomic mass is 9.98. The van der Waals surface area contributed by atoms with E-state index < -0.39 is 11.7 Å². The van der Waals surface area contributed by atoms with Crippen LogP contribution in [0.5, 0.6) is 0 Å². The highest BCUT2D eigenvalue weighted by Crippen LogP contribution is 2.46. The van der Waals surface area contributed by atoms with Gasteiger partial charge in [-0.05, 0) is 107 Å². The Hall–Kier alpha value is -9.74. The number of halogens is 3. The van der Waals surface area contributed by atoms with E-state index in [4.69, 9.17) is 4.98 Å². The fourth-order valence-electron chi connectivity index (χ4n) is 9.40. The summed E-state index contributed by atoms with van der Waals surface area (Å²) in [5, 5.41) is 42.6. The number of hydrogen-bond acceptors (Lipinski definition) is 5. The van der Waals surface area contributed by atoms with Gasteiger partial charge in [0.25, 0.3) is 0 Å². The molecule has 0 fully saturated rings. The van der Waals surface area contributed by atoms with Crippen LogP contribution in [0.15, 0.2) is 182 Å². The number of para-hydroxylation sites is 2. The number of nitriles is 4. The number of alkyl halides is 3. The molecule has 0 amide bonds. The molecule has 0 saturated heterocycles. The van der Waals surface area contributed by atoms with E-state index in [1.54, 1.807) is 24.3 Å². The number of benzene rings is 8. The van der Waals surface area contributed by atoms with Crippen LogP contribution in [0, 0.1) is 45.3 Å². The van der Waals surface area contributed by atoms with E-state index in [1.807, 2.05) is 143 Å². The molecule has 0 bridgehead atoms. The molecular weight excluding hydrogens is 852 g/mol. The molecule has 0 aliphatic rings. The van der Waals surface area contributed by atoms with Crippen molar-refractivity contribution >= 4 is 43.6 Å².